The van der Waals surface area contributed by atoms with Crippen LogP contribution in [0.3, 0.4) is 0 Å². The standard InChI is InChI=1S/C12H16INO/c1-12(13)6-9-7(8-5-10(8)12)3-2-4-11(9)14-15/h2,4,7-10,15H,3,5-6H2,1H3/b14-11+. The maximum atomic E-state index is 9.03. The van der Waals surface area contributed by atoms with E-state index in [2.05, 4.69) is 40.7 Å². The fourth-order valence-electron chi connectivity index (χ4n) is 3.65. The van der Waals surface area contributed by atoms with Crippen LogP contribution in [0.1, 0.15) is 26.2 Å². The van der Waals surface area contributed by atoms with Crippen molar-refractivity contribution in [1.29, 1.82) is 0 Å². The van der Waals surface area contributed by atoms with Gasteiger partial charge < -0.3 is 5.21 Å². The molecule has 3 rings (SSSR count). The van der Waals surface area contributed by atoms with Crippen LogP contribution in [0.15, 0.2) is 17.3 Å². The molecule has 3 aliphatic rings. The molecule has 2 saturated carbocycles. The minimum atomic E-state index is 0.421. The van der Waals surface area contributed by atoms with Crippen molar-refractivity contribution in [1.82, 2.24) is 0 Å². The molecule has 5 atom stereocenters. The van der Waals surface area contributed by atoms with Crippen LogP contribution in [0.5, 0.6) is 0 Å². The lowest BCUT2D eigenvalue weighted by atomic mass is 9.69. The Morgan fingerprint density at radius 3 is 3.07 bits per heavy atom. The molecule has 3 heteroatoms. The van der Waals surface area contributed by atoms with E-state index in [4.69, 9.17) is 5.21 Å². The Bertz CT molecular complexity index is 348. The van der Waals surface area contributed by atoms with Crippen molar-refractivity contribution in [2.45, 2.75) is 29.6 Å². The molecule has 0 aromatic rings. The van der Waals surface area contributed by atoms with Crippen LogP contribution in [0, 0.1) is 23.7 Å². The molecule has 2 fully saturated rings. The lowest BCUT2D eigenvalue weighted by Gasteiger charge is -2.40. The second-order valence-corrected chi connectivity index (χ2v) is 7.89. The van der Waals surface area contributed by atoms with E-state index >= 15 is 0 Å². The first-order valence-corrected chi connectivity index (χ1v) is 6.79. The van der Waals surface area contributed by atoms with Gasteiger partial charge in [0.05, 0.1) is 5.71 Å². The molecule has 5 unspecified atom stereocenters. The third kappa shape index (κ3) is 1.46. The third-order valence-corrected chi connectivity index (χ3v) is 5.73. The van der Waals surface area contributed by atoms with Gasteiger partial charge in [0.15, 0.2) is 0 Å². The summed E-state index contributed by atoms with van der Waals surface area (Å²) in [7, 11) is 0. The van der Waals surface area contributed by atoms with Crippen LogP contribution in [-0.2, 0) is 0 Å². The minimum absolute atomic E-state index is 0.421. The average molecular weight is 317 g/mol. The predicted octanol–water partition coefficient (Wildman–Crippen LogP) is 3.24. The Balaban J connectivity index is 1.94. The van der Waals surface area contributed by atoms with Crippen LogP contribution < -0.4 is 0 Å². The van der Waals surface area contributed by atoms with Crippen molar-refractivity contribution in [3.05, 3.63) is 12.2 Å². The number of hydrogen-bond acceptors (Lipinski definition) is 2. The van der Waals surface area contributed by atoms with E-state index in [1.165, 1.54) is 19.3 Å². The number of hydrogen-bond donors (Lipinski definition) is 1. The minimum Gasteiger partial charge on any atom is -0.411 e. The fraction of sp³-hybridized carbons (Fsp3) is 0.750. The Morgan fingerprint density at radius 1 is 1.53 bits per heavy atom. The van der Waals surface area contributed by atoms with Gasteiger partial charge in [-0.05, 0) is 43.1 Å². The van der Waals surface area contributed by atoms with E-state index in [1.54, 1.807) is 0 Å². The number of alkyl halides is 1. The maximum absolute atomic E-state index is 9.03. The number of rotatable bonds is 0. The summed E-state index contributed by atoms with van der Waals surface area (Å²) >= 11 is 2.61. The van der Waals surface area contributed by atoms with Crippen molar-refractivity contribution >= 4 is 28.3 Å². The second kappa shape index (κ2) is 3.22. The first-order valence-electron chi connectivity index (χ1n) is 5.71. The smallest absolute Gasteiger partial charge is 0.0826 e. The molecule has 3 aliphatic carbocycles. The zero-order valence-corrected chi connectivity index (χ0v) is 11.0. The van der Waals surface area contributed by atoms with Crippen molar-refractivity contribution in [3.8, 4) is 0 Å². The molecule has 0 bridgehead atoms. The molecule has 2 nitrogen and oxygen atoms in total. The highest BCUT2D eigenvalue weighted by Gasteiger charge is 2.59. The zero-order chi connectivity index (χ0) is 10.6. The number of oxime groups is 1. The van der Waals surface area contributed by atoms with E-state index in [1.807, 2.05) is 6.08 Å². The Hall–Kier alpha value is -0.0600. The number of nitrogens with zero attached hydrogens (tertiary/aromatic N) is 1. The summed E-state index contributed by atoms with van der Waals surface area (Å²) in [6.07, 6.45) is 7.96. The lowest BCUT2D eigenvalue weighted by molar-refractivity contribution is 0.242. The van der Waals surface area contributed by atoms with Crippen LogP contribution in [0.4, 0.5) is 0 Å². The van der Waals surface area contributed by atoms with Crippen LogP contribution >= 0.6 is 22.6 Å². The van der Waals surface area contributed by atoms with Gasteiger partial charge in [-0.1, -0.05) is 40.7 Å². The molecule has 0 spiro atoms. The van der Waals surface area contributed by atoms with Gasteiger partial charge in [-0.25, -0.2) is 0 Å². The quantitative estimate of drug-likeness (QED) is 0.316. The van der Waals surface area contributed by atoms with Gasteiger partial charge in [0.25, 0.3) is 0 Å². The Labute approximate surface area is 104 Å². The van der Waals surface area contributed by atoms with Crippen molar-refractivity contribution < 1.29 is 5.21 Å². The second-order valence-electron chi connectivity index (χ2n) is 5.42. The van der Waals surface area contributed by atoms with Crippen LogP contribution in [-0.4, -0.2) is 14.3 Å². The first kappa shape index (κ1) is 10.1. The summed E-state index contributed by atoms with van der Waals surface area (Å²) in [4.78, 5) is 0. The highest BCUT2D eigenvalue weighted by atomic mass is 127. The molecule has 0 amide bonds. The Kier molecular flexibility index (Phi) is 2.17. The third-order valence-electron chi connectivity index (χ3n) is 4.49. The molecule has 82 valence electrons. The van der Waals surface area contributed by atoms with Gasteiger partial charge in [-0.2, -0.15) is 0 Å². The predicted molar refractivity (Wildman–Crippen MR) is 68.6 cm³/mol. The summed E-state index contributed by atoms with van der Waals surface area (Å²) < 4.78 is 0.421. The van der Waals surface area contributed by atoms with Gasteiger partial charge in [-0.3, -0.25) is 0 Å². The number of halogens is 1. The van der Waals surface area contributed by atoms with Crippen molar-refractivity contribution in [2.75, 3.05) is 0 Å². The zero-order valence-electron chi connectivity index (χ0n) is 8.86. The SMILES string of the molecule is CC1(I)CC2/C(=N/O)C=CCC2C2CC21. The van der Waals surface area contributed by atoms with E-state index in [9.17, 15) is 0 Å². The van der Waals surface area contributed by atoms with Crippen LogP contribution in [0.2, 0.25) is 0 Å². The topological polar surface area (TPSA) is 32.6 Å². The van der Waals surface area contributed by atoms with E-state index in [-0.39, 0.29) is 0 Å². The first-order chi connectivity index (χ1) is 7.13. The molecule has 0 aromatic heterocycles. The highest BCUT2D eigenvalue weighted by molar-refractivity contribution is 14.1. The summed E-state index contributed by atoms with van der Waals surface area (Å²) in [5.74, 6) is 3.08. The van der Waals surface area contributed by atoms with Gasteiger partial charge in [0, 0.05) is 9.34 Å². The molecule has 0 aromatic carbocycles. The molecular weight excluding hydrogens is 301 g/mol. The molecule has 0 saturated heterocycles. The molecule has 15 heavy (non-hydrogen) atoms. The molecule has 0 radical (unpaired) electrons. The summed E-state index contributed by atoms with van der Waals surface area (Å²) in [5, 5.41) is 12.5. The number of allylic oxidation sites excluding steroid dienone is 2. The summed E-state index contributed by atoms with van der Waals surface area (Å²) in [6, 6.07) is 0. The summed E-state index contributed by atoms with van der Waals surface area (Å²) in [6.45, 7) is 2.36. The van der Waals surface area contributed by atoms with Crippen LogP contribution in [0.25, 0.3) is 0 Å². The highest BCUT2D eigenvalue weighted by Crippen LogP contribution is 2.64. The molecular formula is C12H16INO. The van der Waals surface area contributed by atoms with Crippen molar-refractivity contribution in [2.24, 2.45) is 28.8 Å². The number of fused-ring (bicyclic) bond motifs is 3. The van der Waals surface area contributed by atoms with Gasteiger partial charge in [0.1, 0.15) is 0 Å². The maximum Gasteiger partial charge on any atom is 0.0826 e. The normalized spacial score (nSPS) is 54.9. The molecule has 0 aliphatic heterocycles. The molecule has 0 heterocycles. The van der Waals surface area contributed by atoms with E-state index in [0.29, 0.717) is 9.34 Å². The average Bonchev–Trinajstić information content (AvgIpc) is 2.97. The van der Waals surface area contributed by atoms with Gasteiger partial charge in [-0.15, -0.1) is 0 Å². The fourth-order valence-corrected chi connectivity index (χ4v) is 4.84. The largest absolute Gasteiger partial charge is 0.411 e. The van der Waals surface area contributed by atoms with Gasteiger partial charge in [0.2, 0.25) is 0 Å². The van der Waals surface area contributed by atoms with E-state index < -0.39 is 0 Å². The van der Waals surface area contributed by atoms with Crippen molar-refractivity contribution in [3.63, 3.8) is 0 Å². The lowest BCUT2D eigenvalue weighted by Crippen LogP contribution is -2.39. The Morgan fingerprint density at radius 2 is 2.33 bits per heavy atom. The summed E-state index contributed by atoms with van der Waals surface area (Å²) in [5.41, 5.74) is 0.916. The monoisotopic (exact) mass is 317 g/mol. The molecule has 1 N–H and O–H groups in total. The van der Waals surface area contributed by atoms with Gasteiger partial charge >= 0.3 is 0 Å². The van der Waals surface area contributed by atoms with E-state index in [0.717, 1.165) is 23.5 Å².